The number of aromatic nitrogens is 4. The van der Waals surface area contributed by atoms with Crippen LogP contribution >= 0.6 is 35.7 Å². The van der Waals surface area contributed by atoms with Gasteiger partial charge in [-0.3, -0.25) is 0 Å². The fraction of sp³-hybridized carbons (Fsp3) is 0.353. The summed E-state index contributed by atoms with van der Waals surface area (Å²) >= 11 is 9.38. The summed E-state index contributed by atoms with van der Waals surface area (Å²) in [6.07, 6.45) is 18.8. The first kappa shape index (κ1) is 31.8. The zero-order valence-electron chi connectivity index (χ0n) is 24.6. The van der Waals surface area contributed by atoms with Crippen molar-refractivity contribution in [1.29, 1.82) is 5.26 Å². The summed E-state index contributed by atoms with van der Waals surface area (Å²) < 4.78 is 9.35. The molecule has 0 fully saturated rings. The van der Waals surface area contributed by atoms with E-state index in [1.165, 1.54) is 22.3 Å². The van der Waals surface area contributed by atoms with Crippen LogP contribution < -0.4 is 9.13 Å². The Kier molecular flexibility index (Phi) is 12.5. The third kappa shape index (κ3) is 9.72. The van der Waals surface area contributed by atoms with E-state index in [-0.39, 0.29) is 5.92 Å². The Balaban J connectivity index is 1.39. The van der Waals surface area contributed by atoms with Crippen LogP contribution in [0.15, 0.2) is 92.6 Å². The van der Waals surface area contributed by atoms with E-state index in [1.807, 2.05) is 46.7 Å². The molecule has 2 aromatic carbocycles. The van der Waals surface area contributed by atoms with E-state index < -0.39 is 0 Å². The summed E-state index contributed by atoms with van der Waals surface area (Å²) in [5.41, 5.74) is 5.10. The minimum Gasteiger partial charge on any atom is -0.240 e. The molecule has 0 spiro atoms. The molecule has 42 heavy (non-hydrogen) atoms. The van der Waals surface area contributed by atoms with Crippen LogP contribution in [0.2, 0.25) is 0 Å². The maximum absolute atomic E-state index is 9.60. The molecule has 4 aromatic rings. The maximum atomic E-state index is 9.60. The SMILES string of the molecule is C=Cn1cc[n+](Cc2ccc(C(CCCC(CC#N)c3ccc(Cn4cc[n+](C)c4)cc3)SC(=S)SCCC)cc2)c1. The number of hydrogen-bond donors (Lipinski definition) is 0. The maximum Gasteiger partial charge on any atom is 0.248 e. The smallest absolute Gasteiger partial charge is 0.240 e. The molecule has 0 aliphatic heterocycles. The summed E-state index contributed by atoms with van der Waals surface area (Å²) in [5.74, 6) is 1.30. The van der Waals surface area contributed by atoms with E-state index in [9.17, 15) is 5.26 Å². The topological polar surface area (TPSA) is 41.4 Å². The van der Waals surface area contributed by atoms with Gasteiger partial charge in [0.15, 0.2) is 0 Å². The molecule has 8 heteroatoms. The zero-order chi connectivity index (χ0) is 29.7. The number of hydrogen-bond acceptors (Lipinski definition) is 4. The van der Waals surface area contributed by atoms with Crippen LogP contribution in [0.4, 0.5) is 0 Å². The molecule has 0 N–H and O–H groups in total. The van der Waals surface area contributed by atoms with Gasteiger partial charge in [-0.15, -0.1) is 11.8 Å². The zero-order valence-corrected chi connectivity index (χ0v) is 27.1. The van der Waals surface area contributed by atoms with E-state index in [1.54, 1.807) is 18.0 Å². The number of thiocarbonyl (C=S) groups is 1. The highest BCUT2D eigenvalue weighted by Gasteiger charge is 2.18. The third-order valence-corrected chi connectivity index (χ3v) is 10.4. The highest BCUT2D eigenvalue weighted by atomic mass is 32.2. The summed E-state index contributed by atoms with van der Waals surface area (Å²) in [5, 5.41) is 9.90. The minimum atomic E-state index is 0.239. The van der Waals surface area contributed by atoms with Gasteiger partial charge in [-0.2, -0.15) is 5.26 Å². The number of nitrogens with zero attached hydrogens (tertiary/aromatic N) is 5. The summed E-state index contributed by atoms with van der Waals surface area (Å²) in [6.45, 7) is 7.68. The average molecular weight is 616 g/mol. The molecule has 0 bridgehead atoms. The van der Waals surface area contributed by atoms with Gasteiger partial charge in [0.2, 0.25) is 12.7 Å². The van der Waals surface area contributed by atoms with Gasteiger partial charge in [0.05, 0.1) is 19.3 Å². The van der Waals surface area contributed by atoms with Crippen molar-refractivity contribution in [3.63, 3.8) is 0 Å². The molecule has 0 aliphatic rings. The van der Waals surface area contributed by atoms with Crippen LogP contribution in [0.5, 0.6) is 0 Å². The van der Waals surface area contributed by atoms with Crippen molar-refractivity contribution in [2.24, 2.45) is 7.05 Å². The van der Waals surface area contributed by atoms with Gasteiger partial charge < -0.3 is 0 Å². The molecule has 0 aliphatic carbocycles. The molecule has 0 radical (unpaired) electrons. The van der Waals surface area contributed by atoms with Crippen LogP contribution in [-0.4, -0.2) is 18.4 Å². The Bertz CT molecular complexity index is 1460. The van der Waals surface area contributed by atoms with Gasteiger partial charge in [-0.05, 0) is 53.2 Å². The molecule has 4 rings (SSSR count). The lowest BCUT2D eigenvalue weighted by molar-refractivity contribution is -0.687. The van der Waals surface area contributed by atoms with Crippen LogP contribution in [0, 0.1) is 11.3 Å². The Morgan fingerprint density at radius 3 is 2.40 bits per heavy atom. The largest absolute Gasteiger partial charge is 0.248 e. The summed E-state index contributed by atoms with van der Waals surface area (Å²) in [4.78, 5) is 0. The molecule has 218 valence electrons. The number of aryl methyl sites for hydroxylation is 1. The van der Waals surface area contributed by atoms with Gasteiger partial charge >= 0.3 is 0 Å². The predicted octanol–water partition coefficient (Wildman–Crippen LogP) is 7.67. The molecule has 0 saturated carbocycles. The van der Waals surface area contributed by atoms with Crippen molar-refractivity contribution in [2.75, 3.05) is 5.75 Å². The highest BCUT2D eigenvalue weighted by Crippen LogP contribution is 2.39. The summed E-state index contributed by atoms with van der Waals surface area (Å²) in [6, 6.07) is 20.3. The van der Waals surface area contributed by atoms with Gasteiger partial charge in [0, 0.05) is 11.7 Å². The lowest BCUT2D eigenvalue weighted by atomic mass is 9.90. The standard InChI is InChI=1S/C34H41N5S3/c1-4-23-41-34(40)42-33(32-15-11-29(12-16-32)25-39-22-21-37(5-2)27-39)8-6-7-30(17-18-35)31-13-9-28(10-14-31)24-38-20-19-36(3)26-38/h5,9-16,19-22,26-27,30,33H,2,4,6-8,17,23-25H2,1,3H3/q+2. The second-order valence-corrected chi connectivity index (χ2v) is 14.1. The van der Waals surface area contributed by atoms with E-state index in [2.05, 4.69) is 96.0 Å². The predicted molar refractivity (Wildman–Crippen MR) is 180 cm³/mol. The van der Waals surface area contributed by atoms with E-state index in [4.69, 9.17) is 12.2 Å². The monoisotopic (exact) mass is 615 g/mol. The van der Waals surface area contributed by atoms with Crippen molar-refractivity contribution in [2.45, 2.75) is 63.3 Å². The van der Waals surface area contributed by atoms with E-state index >= 15 is 0 Å². The Morgan fingerprint density at radius 1 is 1.02 bits per heavy atom. The number of rotatable bonds is 15. The molecule has 2 heterocycles. The normalized spacial score (nSPS) is 12.5. The molecule has 2 aromatic heterocycles. The molecule has 0 amide bonds. The molecular formula is C34H41N5S3+2. The van der Waals surface area contributed by atoms with E-state index in [0.717, 1.165) is 48.1 Å². The van der Waals surface area contributed by atoms with Crippen LogP contribution in [-0.2, 0) is 20.1 Å². The Hall–Kier alpha value is -3.12. The van der Waals surface area contributed by atoms with Gasteiger partial charge in [-0.25, -0.2) is 18.3 Å². The third-order valence-electron chi connectivity index (χ3n) is 7.30. The van der Waals surface area contributed by atoms with Crippen LogP contribution in [0.25, 0.3) is 6.20 Å². The van der Waals surface area contributed by atoms with Gasteiger partial charge in [-0.1, -0.05) is 92.4 Å². The number of nitriles is 1. The summed E-state index contributed by atoms with van der Waals surface area (Å²) in [7, 11) is 2.03. The fourth-order valence-electron chi connectivity index (χ4n) is 5.04. The first-order chi connectivity index (χ1) is 20.5. The van der Waals surface area contributed by atoms with Crippen LogP contribution in [0.3, 0.4) is 0 Å². The minimum absolute atomic E-state index is 0.239. The second-order valence-electron chi connectivity index (χ2n) is 10.6. The molecule has 2 atom stereocenters. The number of thioether (sulfide) groups is 2. The first-order valence-corrected chi connectivity index (χ1v) is 16.8. The van der Waals surface area contributed by atoms with Crippen molar-refractivity contribution < 1.29 is 9.13 Å². The van der Waals surface area contributed by atoms with Crippen LogP contribution in [0.1, 0.15) is 72.4 Å². The second kappa shape index (κ2) is 16.5. The van der Waals surface area contributed by atoms with E-state index in [0.29, 0.717) is 11.7 Å². The average Bonchev–Trinajstić information content (AvgIpc) is 3.64. The van der Waals surface area contributed by atoms with Gasteiger partial charge in [0.25, 0.3) is 0 Å². The molecule has 2 unspecified atom stereocenters. The Labute approximate surface area is 264 Å². The van der Waals surface area contributed by atoms with Crippen molar-refractivity contribution in [3.05, 3.63) is 115 Å². The fourth-order valence-corrected chi connectivity index (χ4v) is 7.69. The van der Waals surface area contributed by atoms with Crippen molar-refractivity contribution in [3.8, 4) is 6.07 Å². The number of benzene rings is 2. The first-order valence-electron chi connectivity index (χ1n) is 14.6. The van der Waals surface area contributed by atoms with Gasteiger partial charge in [0.1, 0.15) is 41.4 Å². The van der Waals surface area contributed by atoms with Crippen molar-refractivity contribution >= 4 is 45.5 Å². The molecular weight excluding hydrogens is 575 g/mol. The Morgan fingerprint density at radius 2 is 1.76 bits per heavy atom. The molecule has 0 saturated heterocycles. The molecule has 5 nitrogen and oxygen atoms in total. The lowest BCUT2D eigenvalue weighted by Crippen LogP contribution is -2.31. The van der Waals surface area contributed by atoms with Crippen molar-refractivity contribution in [1.82, 2.24) is 9.13 Å². The quantitative estimate of drug-likeness (QED) is 0.102. The number of imidazole rings is 2. The highest BCUT2D eigenvalue weighted by molar-refractivity contribution is 8.47. The lowest BCUT2D eigenvalue weighted by Gasteiger charge is -2.20.